The zero-order chi connectivity index (χ0) is 41.0. The molecule has 1 N–H and O–H groups in total. The van der Waals surface area contributed by atoms with Crippen LogP contribution in [0.25, 0.3) is 0 Å². The Morgan fingerprint density at radius 1 is 0.964 bits per heavy atom. The van der Waals surface area contributed by atoms with Crippen molar-refractivity contribution in [2.45, 2.75) is 186 Å². The lowest BCUT2D eigenvalue weighted by Gasteiger charge is -2.52. The van der Waals surface area contributed by atoms with Crippen molar-refractivity contribution in [3.8, 4) is 0 Å². The third-order valence-electron chi connectivity index (χ3n) is 14.2. The highest BCUT2D eigenvalue weighted by Crippen LogP contribution is 2.47. The third-order valence-corrected chi connectivity index (χ3v) is 14.2. The average molecular weight is 780 g/mol. The highest BCUT2D eigenvalue weighted by molar-refractivity contribution is 5.83. The number of ketones is 1. The molecule has 316 valence electrons. The number of hydrogen-bond acceptors (Lipinski definition) is 12. The summed E-state index contributed by atoms with van der Waals surface area (Å²) >= 11 is 0. The Hall–Kier alpha value is -1.93. The Kier molecular flexibility index (Phi) is 15.6. The highest BCUT2D eigenvalue weighted by Gasteiger charge is 2.57. The molecular formula is C43H73NO11. The Morgan fingerprint density at radius 2 is 1.62 bits per heavy atom. The maximum Gasteiger partial charge on any atom is 0.309 e. The minimum absolute atomic E-state index is 0.0156. The van der Waals surface area contributed by atoms with Crippen LogP contribution in [0.15, 0.2) is 12.7 Å². The molecule has 0 aromatic carbocycles. The Labute approximate surface area is 330 Å². The molecule has 0 bridgehead atoms. The molecule has 4 saturated heterocycles. The van der Waals surface area contributed by atoms with E-state index in [1.807, 2.05) is 54.5 Å². The van der Waals surface area contributed by atoms with Gasteiger partial charge in [-0.25, -0.2) is 0 Å². The molecule has 4 aliphatic rings. The maximum absolute atomic E-state index is 14.8. The van der Waals surface area contributed by atoms with Gasteiger partial charge in [0, 0.05) is 63.8 Å². The quantitative estimate of drug-likeness (QED) is 0.193. The molecule has 55 heavy (non-hydrogen) atoms. The number of cyclic esters (lactones) is 1. The van der Waals surface area contributed by atoms with Crippen molar-refractivity contribution in [3.63, 3.8) is 0 Å². The zero-order valence-corrected chi connectivity index (χ0v) is 35.8. The Balaban J connectivity index is 1.87. The predicted molar refractivity (Wildman–Crippen MR) is 208 cm³/mol. The molecule has 4 fully saturated rings. The molecule has 0 aromatic heterocycles. The van der Waals surface area contributed by atoms with Gasteiger partial charge in [-0.05, 0) is 72.8 Å². The first-order valence-corrected chi connectivity index (χ1v) is 20.8. The summed E-state index contributed by atoms with van der Waals surface area (Å²) < 4.78 is 45.3. The fourth-order valence-corrected chi connectivity index (χ4v) is 10.2. The Bertz CT molecular complexity index is 1320. The number of nitrogens with zero attached hydrogens (tertiary/aromatic N) is 1. The van der Waals surface area contributed by atoms with E-state index in [4.69, 9.17) is 33.2 Å². The van der Waals surface area contributed by atoms with Crippen molar-refractivity contribution in [1.29, 1.82) is 0 Å². The van der Waals surface area contributed by atoms with Gasteiger partial charge in [0.2, 0.25) is 0 Å². The van der Waals surface area contributed by atoms with Gasteiger partial charge in [-0.15, -0.1) is 6.58 Å². The normalized spacial score (nSPS) is 43.3. The largest absolute Gasteiger partial charge is 0.458 e. The lowest BCUT2D eigenvalue weighted by atomic mass is 9.68. The highest BCUT2D eigenvalue weighted by atomic mass is 16.7. The summed E-state index contributed by atoms with van der Waals surface area (Å²) in [4.78, 5) is 44.3. The van der Waals surface area contributed by atoms with Crippen molar-refractivity contribution in [1.82, 2.24) is 4.90 Å². The van der Waals surface area contributed by atoms with Gasteiger partial charge in [-0.1, -0.05) is 40.7 Å². The lowest BCUT2D eigenvalue weighted by molar-refractivity contribution is -0.278. The molecule has 4 heterocycles. The van der Waals surface area contributed by atoms with E-state index in [-0.39, 0.29) is 30.8 Å². The molecule has 4 rings (SSSR count). The van der Waals surface area contributed by atoms with Gasteiger partial charge in [0.05, 0.1) is 48.0 Å². The fraction of sp³-hybridized carbons (Fsp3) is 0.884. The second-order valence-electron chi connectivity index (χ2n) is 17.6. The Morgan fingerprint density at radius 3 is 2.22 bits per heavy atom. The topological polar surface area (TPSA) is 139 Å². The number of fused-ring (bicyclic) bond motifs is 1. The van der Waals surface area contributed by atoms with E-state index >= 15 is 0 Å². The number of ether oxygens (including phenoxy) is 7. The number of aliphatic hydroxyl groups excluding tert-OH is 1. The molecule has 1 unspecified atom stereocenters. The maximum atomic E-state index is 14.8. The number of Topliss-reactive ketones (excluding diaryl/α,β-unsaturated/α-hetero) is 1. The van der Waals surface area contributed by atoms with Crippen LogP contribution in [0.4, 0.5) is 0 Å². The van der Waals surface area contributed by atoms with Gasteiger partial charge in [0.25, 0.3) is 0 Å². The summed E-state index contributed by atoms with van der Waals surface area (Å²) in [7, 11) is 5.34. The second-order valence-corrected chi connectivity index (χ2v) is 17.6. The van der Waals surface area contributed by atoms with Gasteiger partial charge in [-0.2, -0.15) is 0 Å². The molecule has 0 aliphatic carbocycles. The van der Waals surface area contributed by atoms with Gasteiger partial charge >= 0.3 is 11.9 Å². The standard InChI is InChI=1S/C43H73NO11/c1-14-17-20-44(11)30-21-25(4)51-35(22-30)54-38-27(6)36(33-24-42(10,50-13)37(47)29(8)52-33)28(7)40(48)55-43(15-2,16-3)39-31(23-34(46)53-39)26(5)32(45)18-19-41(38,9)49-12/h14,25-31,33,35-39,47H,1,15-24H2,2-13H3/t25-,26-,27+,28-,29+,30+,31-,33-,35+,36?,37+,38-,39+,41-,42-/m1/s1. The zero-order valence-electron chi connectivity index (χ0n) is 35.8. The van der Waals surface area contributed by atoms with Crippen LogP contribution in [0, 0.1) is 29.6 Å². The molecule has 12 heteroatoms. The monoisotopic (exact) mass is 780 g/mol. The van der Waals surface area contributed by atoms with E-state index in [2.05, 4.69) is 32.4 Å². The van der Waals surface area contributed by atoms with Crippen molar-refractivity contribution in [3.05, 3.63) is 12.7 Å². The van der Waals surface area contributed by atoms with Crippen LogP contribution in [-0.2, 0) is 47.5 Å². The molecule has 0 aromatic rings. The van der Waals surface area contributed by atoms with E-state index in [0.29, 0.717) is 32.1 Å². The van der Waals surface area contributed by atoms with E-state index < -0.39 is 95.1 Å². The van der Waals surface area contributed by atoms with Crippen LogP contribution < -0.4 is 0 Å². The van der Waals surface area contributed by atoms with E-state index in [1.54, 1.807) is 14.2 Å². The van der Waals surface area contributed by atoms with E-state index in [0.717, 1.165) is 19.4 Å². The summed E-state index contributed by atoms with van der Waals surface area (Å²) in [5.41, 5.74) is -3.11. The van der Waals surface area contributed by atoms with Crippen LogP contribution in [0.3, 0.4) is 0 Å². The average Bonchev–Trinajstić information content (AvgIpc) is 3.56. The summed E-state index contributed by atoms with van der Waals surface area (Å²) in [5.74, 6) is -3.55. The fourth-order valence-electron chi connectivity index (χ4n) is 10.2. The van der Waals surface area contributed by atoms with Crippen molar-refractivity contribution in [2.75, 3.05) is 27.8 Å². The van der Waals surface area contributed by atoms with Crippen LogP contribution in [0.5, 0.6) is 0 Å². The lowest BCUT2D eigenvalue weighted by Crippen LogP contribution is -2.61. The van der Waals surface area contributed by atoms with Gasteiger partial charge < -0.3 is 43.2 Å². The third kappa shape index (κ3) is 9.69. The van der Waals surface area contributed by atoms with Crippen molar-refractivity contribution >= 4 is 17.7 Å². The summed E-state index contributed by atoms with van der Waals surface area (Å²) in [6.07, 6.45) is 1.77. The molecule has 0 radical (unpaired) electrons. The predicted octanol–water partition coefficient (Wildman–Crippen LogP) is 6.04. The van der Waals surface area contributed by atoms with Gasteiger partial charge in [0.15, 0.2) is 6.29 Å². The van der Waals surface area contributed by atoms with Gasteiger partial charge in [0.1, 0.15) is 23.6 Å². The number of rotatable bonds is 11. The van der Waals surface area contributed by atoms with Crippen molar-refractivity contribution in [2.24, 2.45) is 29.6 Å². The molecule has 0 amide bonds. The molecule has 0 spiro atoms. The molecule has 4 aliphatic heterocycles. The first kappa shape index (κ1) is 45.8. The first-order chi connectivity index (χ1) is 25.8. The van der Waals surface area contributed by atoms with Crippen LogP contribution in [-0.4, -0.2) is 121 Å². The van der Waals surface area contributed by atoms with E-state index in [9.17, 15) is 19.5 Å². The van der Waals surface area contributed by atoms with Crippen LogP contribution in [0.2, 0.25) is 0 Å². The second kappa shape index (κ2) is 18.8. The van der Waals surface area contributed by atoms with Crippen molar-refractivity contribution < 1.29 is 52.6 Å². The minimum atomic E-state index is -1.14. The minimum Gasteiger partial charge on any atom is -0.458 e. The smallest absolute Gasteiger partial charge is 0.309 e. The molecule has 15 atom stereocenters. The number of aliphatic hydroxyl groups is 1. The summed E-state index contributed by atoms with van der Waals surface area (Å²) in [6.45, 7) is 22.1. The number of hydrogen-bond donors (Lipinski definition) is 1. The molecule has 0 saturated carbocycles. The first-order valence-electron chi connectivity index (χ1n) is 20.8. The van der Waals surface area contributed by atoms with Crippen LogP contribution in [0.1, 0.15) is 120 Å². The van der Waals surface area contributed by atoms with Gasteiger partial charge in [-0.3, -0.25) is 14.4 Å². The van der Waals surface area contributed by atoms with E-state index in [1.165, 1.54) is 0 Å². The molecular weight excluding hydrogens is 706 g/mol. The molecule has 12 nitrogen and oxygen atoms in total. The summed E-state index contributed by atoms with van der Waals surface area (Å²) in [6, 6.07) is 0.204. The van der Waals surface area contributed by atoms with Crippen LogP contribution >= 0.6 is 0 Å². The number of esters is 2. The number of carbonyl (C=O) groups is 3. The summed E-state index contributed by atoms with van der Waals surface area (Å²) in [5, 5.41) is 11.2. The SMILES string of the molecule is C=CCCN(C)[C@@H]1C[C@H](O[C@@H]2[C@@H](C)C([C@H]3C[C@@](C)(OC)[C@@H](O)[C@H](C)O3)[C@@H](C)C(=O)OC(CC)(CC)[C@H]3OC(=O)C[C@@H]3[C@@H](C)C(=O)CC[C@@]2(C)OC)O[C@H](C)C1. The number of methoxy groups -OCH3 is 2. The number of carbonyl (C=O) groups excluding carboxylic acids is 3.